The number of hydrogen-bond acceptors (Lipinski definition) is 3. The van der Waals surface area contributed by atoms with Crippen LogP contribution in [0.1, 0.15) is 14.4 Å². The summed E-state index contributed by atoms with van der Waals surface area (Å²) in [4.78, 5) is 2.04. The van der Waals surface area contributed by atoms with Crippen LogP contribution in [0, 0.1) is 0 Å². The maximum Gasteiger partial charge on any atom is 0.0949 e. The van der Waals surface area contributed by atoms with Crippen molar-refractivity contribution < 1.29 is 7.48 Å². The van der Waals surface area contributed by atoms with Gasteiger partial charge in [-0.1, -0.05) is 12.1 Å². The van der Waals surface area contributed by atoms with Crippen molar-refractivity contribution in [1.82, 2.24) is 5.32 Å². The van der Waals surface area contributed by atoms with E-state index >= 15 is 0 Å². The second kappa shape index (κ2) is 4.64. The van der Waals surface area contributed by atoms with Crippen molar-refractivity contribution in [2.75, 3.05) is 38.6 Å². The van der Waals surface area contributed by atoms with Crippen LogP contribution >= 0.6 is 0 Å². The number of anilines is 1. The SMILES string of the molecule is [2H]C1([2H])COC(c2ccc(N(C)C)cc2)CN1. The number of nitrogens with zero attached hydrogens (tertiary/aromatic N) is 1. The molecule has 2 rings (SSSR count). The third kappa shape index (κ3) is 2.49. The van der Waals surface area contributed by atoms with Crippen molar-refractivity contribution in [3.8, 4) is 0 Å². The summed E-state index contributed by atoms with van der Waals surface area (Å²) in [7, 11) is 4.00. The van der Waals surface area contributed by atoms with Gasteiger partial charge >= 0.3 is 0 Å². The zero-order valence-electron chi connectivity index (χ0n) is 11.2. The summed E-state index contributed by atoms with van der Waals surface area (Å²) in [5.41, 5.74) is 2.23. The zero-order valence-corrected chi connectivity index (χ0v) is 9.16. The Bertz CT molecular complexity index is 369. The van der Waals surface area contributed by atoms with Gasteiger partial charge in [-0.25, -0.2) is 0 Å². The molecular formula is C12H18N2O. The molecule has 1 aliphatic heterocycles. The number of ether oxygens (including phenoxy) is 1. The van der Waals surface area contributed by atoms with Crippen LogP contribution in [-0.4, -0.2) is 33.7 Å². The van der Waals surface area contributed by atoms with E-state index in [1.165, 1.54) is 0 Å². The predicted octanol–water partition coefficient (Wildman–Crippen LogP) is 1.41. The molecule has 3 nitrogen and oxygen atoms in total. The maximum absolute atomic E-state index is 7.49. The van der Waals surface area contributed by atoms with Crippen molar-refractivity contribution >= 4 is 5.69 Å². The Morgan fingerprint density at radius 3 is 2.67 bits per heavy atom. The van der Waals surface area contributed by atoms with Crippen LogP contribution in [-0.2, 0) is 4.74 Å². The van der Waals surface area contributed by atoms with E-state index in [0.717, 1.165) is 11.3 Å². The van der Waals surface area contributed by atoms with Gasteiger partial charge in [0.2, 0.25) is 0 Å². The second-order valence-electron chi connectivity index (χ2n) is 3.84. The van der Waals surface area contributed by atoms with Crippen LogP contribution in [0.25, 0.3) is 0 Å². The van der Waals surface area contributed by atoms with Crippen molar-refractivity contribution in [2.45, 2.75) is 6.10 Å². The van der Waals surface area contributed by atoms with E-state index in [-0.39, 0.29) is 12.7 Å². The van der Waals surface area contributed by atoms with E-state index in [1.807, 2.05) is 43.3 Å². The molecule has 0 aromatic heterocycles. The van der Waals surface area contributed by atoms with Gasteiger partial charge in [-0.3, -0.25) is 0 Å². The fraction of sp³-hybridized carbons (Fsp3) is 0.500. The number of morpholine rings is 1. The van der Waals surface area contributed by atoms with Crippen LogP contribution in [0.15, 0.2) is 24.3 Å². The molecule has 3 heteroatoms. The Labute approximate surface area is 93.8 Å². The summed E-state index contributed by atoms with van der Waals surface area (Å²) in [5.74, 6) is 0. The minimum atomic E-state index is -1.40. The molecular weight excluding hydrogens is 188 g/mol. The molecule has 1 saturated heterocycles. The monoisotopic (exact) mass is 208 g/mol. The Morgan fingerprint density at radius 2 is 2.13 bits per heavy atom. The number of hydrogen-bond donors (Lipinski definition) is 1. The van der Waals surface area contributed by atoms with E-state index in [1.54, 1.807) is 0 Å². The summed E-state index contributed by atoms with van der Waals surface area (Å²) < 4.78 is 20.5. The average molecular weight is 208 g/mol. The molecule has 0 bridgehead atoms. The topological polar surface area (TPSA) is 24.5 Å². The predicted molar refractivity (Wildman–Crippen MR) is 62.3 cm³/mol. The fourth-order valence-electron chi connectivity index (χ4n) is 1.62. The molecule has 0 amide bonds. The lowest BCUT2D eigenvalue weighted by molar-refractivity contribution is 0.0277. The first-order chi connectivity index (χ1) is 7.98. The molecule has 1 unspecified atom stereocenters. The first-order valence-electron chi connectivity index (χ1n) is 6.12. The molecule has 1 aliphatic rings. The molecule has 0 spiro atoms. The third-order valence-corrected chi connectivity index (χ3v) is 2.55. The van der Waals surface area contributed by atoms with Crippen molar-refractivity contribution in [3.63, 3.8) is 0 Å². The van der Waals surface area contributed by atoms with Crippen LogP contribution in [0.5, 0.6) is 0 Å². The number of nitrogens with one attached hydrogen (secondary N) is 1. The lowest BCUT2D eigenvalue weighted by Crippen LogP contribution is -2.33. The van der Waals surface area contributed by atoms with Crippen LogP contribution in [0.2, 0.25) is 0 Å². The van der Waals surface area contributed by atoms with Crippen molar-refractivity contribution in [3.05, 3.63) is 29.8 Å². The highest BCUT2D eigenvalue weighted by Crippen LogP contribution is 2.21. The van der Waals surface area contributed by atoms with Crippen LogP contribution in [0.3, 0.4) is 0 Å². The summed E-state index contributed by atoms with van der Waals surface area (Å²) in [6, 6.07) is 8.15. The summed E-state index contributed by atoms with van der Waals surface area (Å²) in [6.45, 7) is -0.804. The molecule has 1 aromatic carbocycles. The van der Waals surface area contributed by atoms with Crippen LogP contribution in [0.4, 0.5) is 5.69 Å². The van der Waals surface area contributed by atoms with E-state index in [2.05, 4.69) is 5.32 Å². The summed E-state index contributed by atoms with van der Waals surface area (Å²) >= 11 is 0. The van der Waals surface area contributed by atoms with Gasteiger partial charge in [0, 0.05) is 35.6 Å². The molecule has 1 heterocycles. The van der Waals surface area contributed by atoms with E-state index < -0.39 is 6.50 Å². The van der Waals surface area contributed by atoms with Gasteiger partial charge in [0.1, 0.15) is 0 Å². The quantitative estimate of drug-likeness (QED) is 0.795. The van der Waals surface area contributed by atoms with Gasteiger partial charge in [-0.15, -0.1) is 0 Å². The van der Waals surface area contributed by atoms with Gasteiger partial charge in [0.25, 0.3) is 0 Å². The molecule has 0 saturated carbocycles. The minimum Gasteiger partial charge on any atom is -0.378 e. The Hall–Kier alpha value is -1.06. The van der Waals surface area contributed by atoms with Crippen LogP contribution < -0.4 is 10.2 Å². The van der Waals surface area contributed by atoms with E-state index in [4.69, 9.17) is 7.48 Å². The normalized spacial score (nSPS) is 26.7. The molecule has 82 valence electrons. The maximum atomic E-state index is 7.49. The van der Waals surface area contributed by atoms with Gasteiger partial charge in [0.15, 0.2) is 0 Å². The lowest BCUT2D eigenvalue weighted by atomic mass is 10.1. The Kier molecular flexibility index (Phi) is 2.52. The minimum absolute atomic E-state index is 0.0602. The van der Waals surface area contributed by atoms with Gasteiger partial charge in [0.05, 0.1) is 12.7 Å². The highest BCUT2D eigenvalue weighted by molar-refractivity contribution is 5.46. The summed E-state index contributed by atoms with van der Waals surface area (Å²) in [6.07, 6.45) is -0.0602. The summed E-state index contributed by atoms with van der Waals surface area (Å²) in [5, 5.41) is 2.84. The lowest BCUT2D eigenvalue weighted by Gasteiger charge is -2.24. The highest BCUT2D eigenvalue weighted by atomic mass is 16.5. The van der Waals surface area contributed by atoms with E-state index in [9.17, 15) is 0 Å². The molecule has 1 atom stereocenters. The molecule has 15 heavy (non-hydrogen) atoms. The average Bonchev–Trinajstić information content (AvgIpc) is 2.29. The largest absolute Gasteiger partial charge is 0.378 e. The Balaban J connectivity index is 2.04. The zero-order chi connectivity index (χ0) is 12.5. The van der Waals surface area contributed by atoms with E-state index in [0.29, 0.717) is 6.54 Å². The first kappa shape index (κ1) is 8.13. The number of benzene rings is 1. The first-order valence-corrected chi connectivity index (χ1v) is 5.12. The smallest absolute Gasteiger partial charge is 0.0949 e. The van der Waals surface area contributed by atoms with Crippen molar-refractivity contribution in [1.29, 1.82) is 0 Å². The molecule has 0 aliphatic carbocycles. The molecule has 1 fully saturated rings. The number of rotatable bonds is 2. The van der Waals surface area contributed by atoms with Crippen molar-refractivity contribution in [2.24, 2.45) is 0 Å². The molecule has 1 aromatic rings. The third-order valence-electron chi connectivity index (χ3n) is 2.55. The fourth-order valence-corrected chi connectivity index (χ4v) is 1.62. The van der Waals surface area contributed by atoms with Gasteiger partial charge < -0.3 is 15.0 Å². The standard InChI is InChI=1S/C12H18N2O/c1-14(2)11-5-3-10(4-6-11)12-9-13-7-8-15-12/h3-6,12-13H,7-9H2,1-2H3/i7D2. The highest BCUT2D eigenvalue weighted by Gasteiger charge is 2.15. The van der Waals surface area contributed by atoms with Gasteiger partial charge in [-0.2, -0.15) is 0 Å². The second-order valence-corrected chi connectivity index (χ2v) is 3.84. The molecule has 0 radical (unpaired) electrons. The van der Waals surface area contributed by atoms with Gasteiger partial charge in [-0.05, 0) is 17.7 Å². The Morgan fingerprint density at radius 1 is 1.40 bits per heavy atom. The molecule has 1 N–H and O–H groups in total.